The lowest BCUT2D eigenvalue weighted by Gasteiger charge is -2.07. The number of amides is 1. The van der Waals surface area contributed by atoms with Crippen LogP contribution in [0.3, 0.4) is 0 Å². The summed E-state index contributed by atoms with van der Waals surface area (Å²) in [7, 11) is 0. The van der Waals surface area contributed by atoms with E-state index in [1.165, 1.54) is 12.1 Å². The summed E-state index contributed by atoms with van der Waals surface area (Å²) in [4.78, 5) is 24.6. The molecule has 1 amide bonds. The topological polar surface area (TPSA) is 87.2 Å². The van der Waals surface area contributed by atoms with Crippen molar-refractivity contribution in [3.63, 3.8) is 0 Å². The van der Waals surface area contributed by atoms with Crippen LogP contribution in [0.25, 0.3) is 16.9 Å². The van der Waals surface area contributed by atoms with Gasteiger partial charge >= 0.3 is 5.97 Å². The second kappa shape index (κ2) is 7.82. The van der Waals surface area contributed by atoms with Gasteiger partial charge in [-0.3, -0.25) is 4.79 Å². The summed E-state index contributed by atoms with van der Waals surface area (Å²) in [5.41, 5.74) is 7.86. The van der Waals surface area contributed by atoms with E-state index in [0.717, 1.165) is 11.3 Å². The number of esters is 1. The van der Waals surface area contributed by atoms with Gasteiger partial charge in [0.15, 0.2) is 0 Å². The van der Waals surface area contributed by atoms with Crippen molar-refractivity contribution in [2.45, 2.75) is 0 Å². The molecule has 0 radical (unpaired) electrons. The Kier molecular flexibility index (Phi) is 4.90. The Labute approximate surface area is 167 Å². The lowest BCUT2D eigenvalue weighted by atomic mass is 10.1. The maximum Gasteiger partial charge on any atom is 0.347 e. The van der Waals surface area contributed by atoms with Crippen LogP contribution in [-0.4, -0.2) is 21.7 Å². The molecule has 2 N–H and O–H groups in total. The maximum atomic E-state index is 13.0. The number of rotatable bonds is 5. The number of aromatic nitrogens is 2. The zero-order chi connectivity index (χ0) is 20.2. The van der Waals surface area contributed by atoms with Crippen LogP contribution in [0.4, 0.5) is 0 Å². The van der Waals surface area contributed by atoms with E-state index < -0.39 is 11.9 Å². The first kappa shape index (κ1) is 18.2. The van der Waals surface area contributed by atoms with Gasteiger partial charge in [-0.2, -0.15) is 5.10 Å². The molecule has 1 aromatic heterocycles. The minimum absolute atomic E-state index is 0.108. The zero-order valence-electron chi connectivity index (χ0n) is 15.4. The molecule has 1 heterocycles. The number of benzene rings is 3. The van der Waals surface area contributed by atoms with Crippen LogP contribution in [0.5, 0.6) is 5.75 Å². The molecule has 29 heavy (non-hydrogen) atoms. The number of para-hydroxylation sites is 2. The van der Waals surface area contributed by atoms with E-state index in [1.807, 2.05) is 60.7 Å². The Bertz CT molecular complexity index is 1170. The number of ether oxygens (including phenoxy) is 1. The van der Waals surface area contributed by atoms with Crippen LogP contribution >= 0.6 is 0 Å². The molecule has 0 bridgehead atoms. The average Bonchev–Trinajstić information content (AvgIpc) is 3.21. The molecular weight excluding hydrogens is 366 g/mol. The van der Waals surface area contributed by atoms with Gasteiger partial charge < -0.3 is 10.5 Å². The lowest BCUT2D eigenvalue weighted by Crippen LogP contribution is -2.16. The van der Waals surface area contributed by atoms with Crippen LogP contribution in [0, 0.1) is 0 Å². The van der Waals surface area contributed by atoms with Gasteiger partial charge in [0.05, 0.1) is 11.3 Å². The molecule has 3 aromatic carbocycles. The molecule has 4 aromatic rings. The number of hydrogen-bond donors (Lipinski definition) is 1. The van der Waals surface area contributed by atoms with Crippen molar-refractivity contribution in [2.75, 3.05) is 0 Å². The van der Waals surface area contributed by atoms with Crippen molar-refractivity contribution in [3.05, 3.63) is 102 Å². The van der Waals surface area contributed by atoms with Crippen molar-refractivity contribution < 1.29 is 14.3 Å². The molecule has 0 aliphatic heterocycles. The summed E-state index contributed by atoms with van der Waals surface area (Å²) < 4.78 is 7.14. The van der Waals surface area contributed by atoms with Gasteiger partial charge in [0.2, 0.25) is 0 Å². The van der Waals surface area contributed by atoms with Crippen LogP contribution in [0.1, 0.15) is 20.7 Å². The minimum atomic E-state index is -0.670. The fraction of sp³-hybridized carbons (Fsp3) is 0. The Balaban J connectivity index is 1.77. The summed E-state index contributed by atoms with van der Waals surface area (Å²) in [5.74, 6) is -1.19. The van der Waals surface area contributed by atoms with Gasteiger partial charge in [-0.05, 0) is 24.3 Å². The first-order chi connectivity index (χ1) is 14.1. The molecule has 6 nitrogen and oxygen atoms in total. The largest absolute Gasteiger partial charge is 0.422 e. The lowest BCUT2D eigenvalue weighted by molar-refractivity contribution is 0.0733. The Morgan fingerprint density at radius 3 is 2.10 bits per heavy atom. The molecular formula is C23H17N3O3. The number of hydrogen-bond acceptors (Lipinski definition) is 4. The van der Waals surface area contributed by atoms with Crippen LogP contribution in [0.2, 0.25) is 0 Å². The Hall–Kier alpha value is -4.19. The molecule has 0 atom stereocenters. The minimum Gasteiger partial charge on any atom is -0.422 e. The number of nitrogens with zero attached hydrogens (tertiary/aromatic N) is 2. The predicted octanol–water partition coefficient (Wildman–Crippen LogP) is 3.86. The van der Waals surface area contributed by atoms with E-state index in [9.17, 15) is 9.59 Å². The maximum absolute atomic E-state index is 13.0. The van der Waals surface area contributed by atoms with Crippen molar-refractivity contribution >= 4 is 11.9 Å². The van der Waals surface area contributed by atoms with Crippen molar-refractivity contribution in [1.29, 1.82) is 0 Å². The monoisotopic (exact) mass is 383 g/mol. The first-order valence-corrected chi connectivity index (χ1v) is 8.95. The molecule has 4 rings (SSSR count). The zero-order valence-corrected chi connectivity index (χ0v) is 15.4. The normalized spacial score (nSPS) is 10.5. The third-order valence-electron chi connectivity index (χ3n) is 4.36. The highest BCUT2D eigenvalue weighted by atomic mass is 16.5. The Morgan fingerprint density at radius 1 is 0.793 bits per heavy atom. The van der Waals surface area contributed by atoms with Crippen molar-refractivity contribution in [2.24, 2.45) is 5.73 Å². The third kappa shape index (κ3) is 3.77. The van der Waals surface area contributed by atoms with E-state index in [-0.39, 0.29) is 16.9 Å². The van der Waals surface area contributed by atoms with Crippen LogP contribution in [0.15, 0.2) is 91.1 Å². The van der Waals surface area contributed by atoms with E-state index in [1.54, 1.807) is 23.0 Å². The molecule has 0 fully saturated rings. The quantitative estimate of drug-likeness (QED) is 0.419. The molecule has 6 heteroatoms. The molecule has 0 unspecified atom stereocenters. The molecule has 0 spiro atoms. The fourth-order valence-electron chi connectivity index (χ4n) is 2.96. The van der Waals surface area contributed by atoms with E-state index >= 15 is 0 Å². The van der Waals surface area contributed by atoms with Crippen LogP contribution < -0.4 is 10.5 Å². The number of primary amides is 1. The fourth-order valence-corrected chi connectivity index (χ4v) is 2.96. The highest BCUT2D eigenvalue weighted by Crippen LogP contribution is 2.26. The summed E-state index contributed by atoms with van der Waals surface area (Å²) in [6, 6.07) is 25.2. The van der Waals surface area contributed by atoms with Crippen molar-refractivity contribution in [1.82, 2.24) is 9.78 Å². The summed E-state index contributed by atoms with van der Waals surface area (Å²) in [6.45, 7) is 0. The van der Waals surface area contributed by atoms with Gasteiger partial charge in [-0.25, -0.2) is 9.48 Å². The average molecular weight is 383 g/mol. The highest BCUT2D eigenvalue weighted by molar-refractivity contribution is 6.00. The second-order valence-corrected chi connectivity index (χ2v) is 6.29. The van der Waals surface area contributed by atoms with E-state index in [2.05, 4.69) is 5.10 Å². The number of nitrogens with two attached hydrogens (primary N) is 1. The van der Waals surface area contributed by atoms with Gasteiger partial charge in [0.25, 0.3) is 5.91 Å². The highest BCUT2D eigenvalue weighted by Gasteiger charge is 2.22. The third-order valence-corrected chi connectivity index (χ3v) is 4.36. The van der Waals surface area contributed by atoms with Gasteiger partial charge in [-0.15, -0.1) is 0 Å². The second-order valence-electron chi connectivity index (χ2n) is 6.29. The molecule has 0 aliphatic rings. The summed E-state index contributed by atoms with van der Waals surface area (Å²) in [5, 5.41) is 4.60. The predicted molar refractivity (Wildman–Crippen MR) is 109 cm³/mol. The summed E-state index contributed by atoms with van der Waals surface area (Å²) >= 11 is 0. The van der Waals surface area contributed by atoms with Gasteiger partial charge in [0.1, 0.15) is 17.0 Å². The van der Waals surface area contributed by atoms with Crippen molar-refractivity contribution in [3.8, 4) is 22.7 Å². The standard InChI is InChI=1S/C23H17N3O3/c24-22(27)18-13-7-8-14-20(18)29-23(28)19-15-26(17-11-5-2-6-12-17)25-21(19)16-9-3-1-4-10-16/h1-15H,(H2,24,27). The molecule has 0 saturated heterocycles. The molecule has 142 valence electrons. The molecule has 0 saturated carbocycles. The summed E-state index contributed by atoms with van der Waals surface area (Å²) in [6.07, 6.45) is 1.62. The van der Waals surface area contributed by atoms with E-state index in [4.69, 9.17) is 10.5 Å². The first-order valence-electron chi connectivity index (χ1n) is 8.95. The van der Waals surface area contributed by atoms with Gasteiger partial charge in [0, 0.05) is 11.8 Å². The number of carbonyl (C=O) groups is 2. The van der Waals surface area contributed by atoms with Gasteiger partial charge in [-0.1, -0.05) is 60.7 Å². The van der Waals surface area contributed by atoms with E-state index in [0.29, 0.717) is 5.69 Å². The SMILES string of the molecule is NC(=O)c1ccccc1OC(=O)c1cn(-c2ccccc2)nc1-c1ccccc1. The van der Waals surface area contributed by atoms with Crippen LogP contribution in [-0.2, 0) is 0 Å². The smallest absolute Gasteiger partial charge is 0.347 e. The number of carbonyl (C=O) groups excluding carboxylic acids is 2. The molecule has 0 aliphatic carbocycles. The Morgan fingerprint density at radius 2 is 1.41 bits per heavy atom.